The van der Waals surface area contributed by atoms with Gasteiger partial charge in [0, 0.05) is 12.1 Å². The Kier molecular flexibility index (Phi) is 3.97. The van der Waals surface area contributed by atoms with Gasteiger partial charge in [-0.05, 0) is 44.4 Å². The molecule has 3 aliphatic rings. The molecule has 0 aromatic carbocycles. The number of piperidine rings is 1. The van der Waals surface area contributed by atoms with E-state index in [1.165, 1.54) is 76.5 Å². The lowest BCUT2D eigenvalue weighted by atomic mass is 9.77. The molecule has 1 aliphatic heterocycles. The van der Waals surface area contributed by atoms with Gasteiger partial charge in [-0.15, -0.1) is 10.2 Å². The van der Waals surface area contributed by atoms with E-state index in [4.69, 9.17) is 0 Å². The normalized spacial score (nSPS) is 34.6. The van der Waals surface area contributed by atoms with Crippen molar-refractivity contribution in [3.8, 4) is 0 Å². The molecule has 1 saturated heterocycles. The Morgan fingerprint density at radius 3 is 2.62 bits per heavy atom. The molecule has 0 radical (unpaired) electrons. The van der Waals surface area contributed by atoms with Gasteiger partial charge in [0.2, 0.25) is 0 Å². The van der Waals surface area contributed by atoms with Crippen LogP contribution in [0.2, 0.25) is 0 Å². The molecular formula is C17H28N4. The van der Waals surface area contributed by atoms with E-state index >= 15 is 0 Å². The van der Waals surface area contributed by atoms with Crippen molar-refractivity contribution in [2.24, 2.45) is 5.92 Å². The lowest BCUT2D eigenvalue weighted by Gasteiger charge is -2.40. The highest BCUT2D eigenvalue weighted by atomic mass is 15.3. The van der Waals surface area contributed by atoms with Crippen molar-refractivity contribution in [2.45, 2.75) is 88.8 Å². The molecule has 0 amide bonds. The first kappa shape index (κ1) is 13.7. The van der Waals surface area contributed by atoms with Crippen LogP contribution >= 0.6 is 0 Å². The maximum Gasteiger partial charge on any atom is 0.150 e. The Hall–Kier alpha value is -0.900. The molecule has 0 spiro atoms. The van der Waals surface area contributed by atoms with E-state index in [1.54, 1.807) is 0 Å². The molecule has 4 rings (SSSR count). The van der Waals surface area contributed by atoms with Crippen molar-refractivity contribution in [3.63, 3.8) is 0 Å². The average molecular weight is 288 g/mol. The molecule has 116 valence electrons. The molecule has 0 bridgehead atoms. The van der Waals surface area contributed by atoms with Crippen molar-refractivity contribution >= 4 is 0 Å². The molecule has 4 heteroatoms. The average Bonchev–Trinajstić information content (AvgIpc) is 3.05. The monoisotopic (exact) mass is 288 g/mol. The number of nitrogens with zero attached hydrogens (tertiary/aromatic N) is 3. The van der Waals surface area contributed by atoms with Crippen molar-refractivity contribution in [1.82, 2.24) is 20.1 Å². The topological polar surface area (TPSA) is 42.7 Å². The zero-order valence-corrected chi connectivity index (χ0v) is 13.0. The second-order valence-corrected chi connectivity index (χ2v) is 7.34. The molecule has 1 aromatic heterocycles. The van der Waals surface area contributed by atoms with Gasteiger partial charge in [0.25, 0.3) is 0 Å². The van der Waals surface area contributed by atoms with Crippen LogP contribution in [0.15, 0.2) is 6.33 Å². The Bertz CT molecular complexity index is 463. The van der Waals surface area contributed by atoms with Gasteiger partial charge in [0.15, 0.2) is 0 Å². The summed E-state index contributed by atoms with van der Waals surface area (Å²) in [6, 6.07) is 1.82. The molecule has 1 aromatic rings. The number of rotatable bonds is 2. The number of aromatic nitrogens is 3. The number of hydrogen-bond donors (Lipinski definition) is 1. The second-order valence-electron chi connectivity index (χ2n) is 7.34. The summed E-state index contributed by atoms with van der Waals surface area (Å²) in [5.74, 6) is 2.13. The smallest absolute Gasteiger partial charge is 0.150 e. The van der Waals surface area contributed by atoms with Crippen LogP contribution < -0.4 is 5.32 Å². The fourth-order valence-electron chi connectivity index (χ4n) is 4.84. The summed E-state index contributed by atoms with van der Waals surface area (Å²) in [6.45, 7) is 0. The maximum atomic E-state index is 4.50. The van der Waals surface area contributed by atoms with Gasteiger partial charge in [-0.2, -0.15) is 0 Å². The van der Waals surface area contributed by atoms with E-state index < -0.39 is 0 Å². The van der Waals surface area contributed by atoms with Gasteiger partial charge in [-0.1, -0.05) is 32.1 Å². The molecule has 4 nitrogen and oxygen atoms in total. The number of hydrogen-bond acceptors (Lipinski definition) is 3. The second kappa shape index (κ2) is 6.07. The van der Waals surface area contributed by atoms with Gasteiger partial charge in [-0.25, -0.2) is 0 Å². The summed E-state index contributed by atoms with van der Waals surface area (Å²) < 4.78 is 2.40. The molecule has 2 aliphatic carbocycles. The van der Waals surface area contributed by atoms with E-state index in [1.807, 2.05) is 6.33 Å². The maximum absolute atomic E-state index is 4.50. The van der Waals surface area contributed by atoms with Gasteiger partial charge in [0.05, 0.1) is 6.04 Å². The van der Waals surface area contributed by atoms with Crippen LogP contribution in [0.5, 0.6) is 0 Å². The zero-order chi connectivity index (χ0) is 14.1. The Balaban J connectivity index is 1.50. The number of nitrogens with one attached hydrogen (secondary N) is 1. The van der Waals surface area contributed by atoms with Crippen molar-refractivity contribution in [1.29, 1.82) is 0 Å². The Labute approximate surface area is 127 Å². The number of fused-ring (bicyclic) bond motifs is 1. The van der Waals surface area contributed by atoms with Crippen LogP contribution in [0, 0.1) is 5.92 Å². The van der Waals surface area contributed by atoms with Gasteiger partial charge >= 0.3 is 0 Å². The molecule has 2 saturated carbocycles. The summed E-state index contributed by atoms with van der Waals surface area (Å²) in [5, 5.41) is 12.7. The van der Waals surface area contributed by atoms with Crippen LogP contribution in [0.1, 0.15) is 88.5 Å². The van der Waals surface area contributed by atoms with E-state index in [-0.39, 0.29) is 0 Å². The Morgan fingerprint density at radius 1 is 0.905 bits per heavy atom. The first-order valence-corrected chi connectivity index (χ1v) is 9.07. The predicted molar refractivity (Wildman–Crippen MR) is 83.0 cm³/mol. The SMILES string of the molecule is c1nnc(C2CCC3CCCCC3N2)n1C1CCCCC1. The van der Waals surface area contributed by atoms with E-state index in [0.29, 0.717) is 12.1 Å². The van der Waals surface area contributed by atoms with Gasteiger partial charge < -0.3 is 9.88 Å². The van der Waals surface area contributed by atoms with Crippen LogP contribution in [-0.4, -0.2) is 20.8 Å². The van der Waals surface area contributed by atoms with Gasteiger partial charge in [0.1, 0.15) is 12.2 Å². The largest absolute Gasteiger partial charge is 0.313 e. The quantitative estimate of drug-likeness (QED) is 0.901. The fraction of sp³-hybridized carbons (Fsp3) is 0.882. The minimum atomic E-state index is 0.439. The third-order valence-electron chi connectivity index (χ3n) is 6.03. The molecule has 21 heavy (non-hydrogen) atoms. The molecule has 2 heterocycles. The van der Waals surface area contributed by atoms with Crippen LogP contribution in [0.4, 0.5) is 0 Å². The Morgan fingerprint density at radius 2 is 1.71 bits per heavy atom. The zero-order valence-electron chi connectivity index (χ0n) is 13.0. The third-order valence-corrected chi connectivity index (χ3v) is 6.03. The van der Waals surface area contributed by atoms with Crippen molar-refractivity contribution in [2.75, 3.05) is 0 Å². The fourth-order valence-corrected chi connectivity index (χ4v) is 4.84. The lowest BCUT2D eigenvalue weighted by molar-refractivity contribution is 0.169. The molecule has 3 fully saturated rings. The summed E-state index contributed by atoms with van der Waals surface area (Å²) in [5.41, 5.74) is 0. The standard InChI is InChI=1S/C17H28N4/c1-2-7-14(8-3-1)21-12-18-20-17(21)16-11-10-13-6-4-5-9-15(13)19-16/h12-16,19H,1-11H2. The van der Waals surface area contributed by atoms with E-state index in [0.717, 1.165) is 12.0 Å². The summed E-state index contributed by atoms with van der Waals surface area (Å²) >= 11 is 0. The predicted octanol–water partition coefficient (Wildman–Crippen LogP) is 3.77. The summed E-state index contributed by atoms with van der Waals surface area (Å²) in [4.78, 5) is 0. The summed E-state index contributed by atoms with van der Waals surface area (Å²) in [7, 11) is 0. The molecule has 1 N–H and O–H groups in total. The highest BCUT2D eigenvalue weighted by Crippen LogP contribution is 2.37. The van der Waals surface area contributed by atoms with Crippen molar-refractivity contribution in [3.05, 3.63) is 12.2 Å². The molecule has 3 unspecified atom stereocenters. The highest BCUT2D eigenvalue weighted by Gasteiger charge is 2.34. The van der Waals surface area contributed by atoms with Crippen molar-refractivity contribution < 1.29 is 0 Å². The van der Waals surface area contributed by atoms with Crippen LogP contribution in [0.3, 0.4) is 0 Å². The molecule has 3 atom stereocenters. The van der Waals surface area contributed by atoms with E-state index in [2.05, 4.69) is 20.1 Å². The van der Waals surface area contributed by atoms with Crippen LogP contribution in [0.25, 0.3) is 0 Å². The van der Waals surface area contributed by atoms with Crippen LogP contribution in [-0.2, 0) is 0 Å². The first-order valence-electron chi connectivity index (χ1n) is 9.07. The minimum absolute atomic E-state index is 0.439. The first-order chi connectivity index (χ1) is 10.4. The third kappa shape index (κ3) is 2.75. The van der Waals surface area contributed by atoms with Gasteiger partial charge in [-0.3, -0.25) is 0 Å². The molecular weight excluding hydrogens is 260 g/mol. The minimum Gasteiger partial charge on any atom is -0.313 e. The van der Waals surface area contributed by atoms with E-state index in [9.17, 15) is 0 Å². The lowest BCUT2D eigenvalue weighted by Crippen LogP contribution is -2.45. The summed E-state index contributed by atoms with van der Waals surface area (Å²) in [6.07, 6.45) is 17.0. The highest BCUT2D eigenvalue weighted by molar-refractivity contribution is 5.02.